The van der Waals surface area contributed by atoms with Gasteiger partial charge in [-0.2, -0.15) is 11.3 Å². The summed E-state index contributed by atoms with van der Waals surface area (Å²) in [6.45, 7) is 4.35. The van der Waals surface area contributed by atoms with Crippen LogP contribution in [-0.4, -0.2) is 9.91 Å². The minimum Gasteiger partial charge on any atom is -0.366 e. The van der Waals surface area contributed by atoms with Gasteiger partial charge in [-0.15, -0.1) is 0 Å². The Morgan fingerprint density at radius 1 is 1.39 bits per heavy atom. The Balaban J connectivity index is 2.13. The fourth-order valence-corrected chi connectivity index (χ4v) is 2.42. The van der Waals surface area contributed by atoms with Gasteiger partial charge in [0.05, 0.1) is 11.0 Å². The number of aryl methyl sites for hydroxylation is 2. The standard InChI is InChI=1S/C12H13N3O2S/c1-8-4-13-12(3-11(8)15(16)17)14-5-10-7-18-6-9(10)2/h3-4,6-7H,5H2,1-2H3,(H,13,14). The Bertz CT molecular complexity index is 580. The van der Waals surface area contributed by atoms with E-state index in [4.69, 9.17) is 0 Å². The molecule has 0 aliphatic heterocycles. The average molecular weight is 263 g/mol. The maximum absolute atomic E-state index is 10.8. The summed E-state index contributed by atoms with van der Waals surface area (Å²) in [4.78, 5) is 14.6. The van der Waals surface area contributed by atoms with E-state index in [-0.39, 0.29) is 5.69 Å². The van der Waals surface area contributed by atoms with Crippen molar-refractivity contribution < 1.29 is 4.92 Å². The first-order valence-electron chi connectivity index (χ1n) is 5.44. The number of nitro groups is 1. The molecule has 5 nitrogen and oxygen atoms in total. The molecule has 0 fully saturated rings. The number of thiophene rings is 1. The molecule has 0 unspecified atom stereocenters. The minimum atomic E-state index is -0.391. The van der Waals surface area contributed by atoms with E-state index in [0.29, 0.717) is 17.9 Å². The second-order valence-electron chi connectivity index (χ2n) is 4.05. The maximum atomic E-state index is 10.8. The van der Waals surface area contributed by atoms with Crippen molar-refractivity contribution in [1.82, 2.24) is 4.98 Å². The van der Waals surface area contributed by atoms with Gasteiger partial charge in [0.25, 0.3) is 5.69 Å². The summed E-state index contributed by atoms with van der Waals surface area (Å²) in [5.41, 5.74) is 3.06. The van der Waals surface area contributed by atoms with Gasteiger partial charge in [-0.25, -0.2) is 4.98 Å². The number of anilines is 1. The second-order valence-corrected chi connectivity index (χ2v) is 4.79. The van der Waals surface area contributed by atoms with Gasteiger partial charge in [0, 0.05) is 18.3 Å². The normalized spacial score (nSPS) is 10.3. The molecule has 1 N–H and O–H groups in total. The third-order valence-corrected chi connectivity index (χ3v) is 3.60. The highest BCUT2D eigenvalue weighted by Gasteiger charge is 2.12. The smallest absolute Gasteiger partial charge is 0.277 e. The summed E-state index contributed by atoms with van der Waals surface area (Å²) >= 11 is 1.64. The van der Waals surface area contributed by atoms with E-state index in [1.165, 1.54) is 23.4 Å². The molecule has 0 bridgehead atoms. The molecular formula is C12H13N3O2S. The van der Waals surface area contributed by atoms with Crippen LogP contribution < -0.4 is 5.32 Å². The van der Waals surface area contributed by atoms with Crippen molar-refractivity contribution >= 4 is 22.8 Å². The Morgan fingerprint density at radius 2 is 2.17 bits per heavy atom. The topological polar surface area (TPSA) is 68.1 Å². The first-order valence-corrected chi connectivity index (χ1v) is 6.39. The molecule has 2 rings (SSSR count). The van der Waals surface area contributed by atoms with E-state index in [1.54, 1.807) is 18.3 Å². The second kappa shape index (κ2) is 5.14. The molecule has 2 aromatic heterocycles. The third-order valence-electron chi connectivity index (χ3n) is 2.69. The van der Waals surface area contributed by atoms with Crippen molar-refractivity contribution in [3.8, 4) is 0 Å². The molecule has 18 heavy (non-hydrogen) atoms. The molecule has 0 aliphatic rings. The zero-order chi connectivity index (χ0) is 13.1. The molecule has 2 heterocycles. The number of aromatic nitrogens is 1. The van der Waals surface area contributed by atoms with Crippen LogP contribution in [0, 0.1) is 24.0 Å². The monoisotopic (exact) mass is 263 g/mol. The quantitative estimate of drug-likeness (QED) is 0.679. The number of nitrogens with zero attached hydrogens (tertiary/aromatic N) is 2. The number of hydrogen-bond donors (Lipinski definition) is 1. The molecular weight excluding hydrogens is 250 g/mol. The number of nitrogens with one attached hydrogen (secondary N) is 1. The van der Waals surface area contributed by atoms with E-state index in [1.807, 2.05) is 6.92 Å². The van der Waals surface area contributed by atoms with Crippen LogP contribution in [0.1, 0.15) is 16.7 Å². The molecule has 0 radical (unpaired) electrons. The van der Waals surface area contributed by atoms with Crippen molar-refractivity contribution in [1.29, 1.82) is 0 Å². The van der Waals surface area contributed by atoms with Crippen LogP contribution in [0.5, 0.6) is 0 Å². The van der Waals surface area contributed by atoms with Gasteiger partial charge in [0.2, 0.25) is 0 Å². The largest absolute Gasteiger partial charge is 0.366 e. The zero-order valence-electron chi connectivity index (χ0n) is 10.1. The maximum Gasteiger partial charge on any atom is 0.277 e. The van der Waals surface area contributed by atoms with Crippen LogP contribution in [0.4, 0.5) is 11.5 Å². The lowest BCUT2D eigenvalue weighted by Gasteiger charge is -2.06. The fourth-order valence-electron chi connectivity index (χ4n) is 1.56. The Labute approximate surface area is 109 Å². The highest BCUT2D eigenvalue weighted by atomic mass is 32.1. The summed E-state index contributed by atoms with van der Waals surface area (Å²) in [6.07, 6.45) is 1.51. The average Bonchev–Trinajstić information content (AvgIpc) is 2.73. The lowest BCUT2D eigenvalue weighted by atomic mass is 10.2. The van der Waals surface area contributed by atoms with Gasteiger partial charge in [0.15, 0.2) is 0 Å². The molecule has 0 saturated carbocycles. The van der Waals surface area contributed by atoms with Crippen LogP contribution in [0.2, 0.25) is 0 Å². The van der Waals surface area contributed by atoms with E-state index in [0.717, 1.165) is 0 Å². The third kappa shape index (κ3) is 2.65. The van der Waals surface area contributed by atoms with Crippen LogP contribution in [0.15, 0.2) is 23.0 Å². The van der Waals surface area contributed by atoms with Gasteiger partial charge < -0.3 is 5.32 Å². The van der Waals surface area contributed by atoms with Crippen LogP contribution >= 0.6 is 11.3 Å². The van der Waals surface area contributed by atoms with Gasteiger partial charge in [-0.1, -0.05) is 0 Å². The summed E-state index contributed by atoms with van der Waals surface area (Å²) < 4.78 is 0. The van der Waals surface area contributed by atoms with E-state index < -0.39 is 4.92 Å². The summed E-state index contributed by atoms with van der Waals surface area (Å²) in [7, 11) is 0. The predicted molar refractivity (Wildman–Crippen MR) is 72.0 cm³/mol. The van der Waals surface area contributed by atoms with Crippen molar-refractivity contribution in [3.63, 3.8) is 0 Å². The molecule has 0 atom stereocenters. The van der Waals surface area contributed by atoms with Crippen molar-refractivity contribution in [2.75, 3.05) is 5.32 Å². The lowest BCUT2D eigenvalue weighted by molar-refractivity contribution is -0.385. The highest BCUT2D eigenvalue weighted by molar-refractivity contribution is 7.08. The molecule has 2 aromatic rings. The molecule has 6 heteroatoms. The summed E-state index contributed by atoms with van der Waals surface area (Å²) in [6, 6.07) is 1.47. The Kier molecular flexibility index (Phi) is 3.57. The number of hydrogen-bond acceptors (Lipinski definition) is 5. The lowest BCUT2D eigenvalue weighted by Crippen LogP contribution is -2.03. The van der Waals surface area contributed by atoms with Gasteiger partial charge >= 0.3 is 0 Å². The first kappa shape index (κ1) is 12.5. The van der Waals surface area contributed by atoms with Crippen LogP contribution in [-0.2, 0) is 6.54 Å². The SMILES string of the molecule is Cc1cscc1CNc1cc([N+](=O)[O-])c(C)cn1. The molecule has 0 aromatic carbocycles. The molecule has 0 saturated heterocycles. The Hall–Kier alpha value is -1.95. The van der Waals surface area contributed by atoms with Crippen LogP contribution in [0.25, 0.3) is 0 Å². The summed E-state index contributed by atoms with van der Waals surface area (Å²) in [5, 5.41) is 18.0. The van der Waals surface area contributed by atoms with Crippen molar-refractivity contribution in [2.24, 2.45) is 0 Å². The van der Waals surface area contributed by atoms with Crippen molar-refractivity contribution in [3.05, 3.63) is 49.8 Å². The van der Waals surface area contributed by atoms with Crippen molar-refractivity contribution in [2.45, 2.75) is 20.4 Å². The Morgan fingerprint density at radius 3 is 2.78 bits per heavy atom. The zero-order valence-corrected chi connectivity index (χ0v) is 11.0. The van der Waals surface area contributed by atoms with E-state index >= 15 is 0 Å². The van der Waals surface area contributed by atoms with Crippen LogP contribution in [0.3, 0.4) is 0 Å². The van der Waals surface area contributed by atoms with E-state index in [9.17, 15) is 10.1 Å². The minimum absolute atomic E-state index is 0.0922. The molecule has 0 aliphatic carbocycles. The highest BCUT2D eigenvalue weighted by Crippen LogP contribution is 2.21. The number of pyridine rings is 1. The fraction of sp³-hybridized carbons (Fsp3) is 0.250. The number of rotatable bonds is 4. The first-order chi connectivity index (χ1) is 8.58. The predicted octanol–water partition coefficient (Wildman–Crippen LogP) is 3.28. The molecule has 94 valence electrons. The molecule has 0 spiro atoms. The summed E-state index contributed by atoms with van der Waals surface area (Å²) in [5.74, 6) is 0.526. The van der Waals surface area contributed by atoms with Gasteiger partial charge in [0.1, 0.15) is 5.82 Å². The van der Waals surface area contributed by atoms with Gasteiger partial charge in [-0.3, -0.25) is 10.1 Å². The van der Waals surface area contributed by atoms with E-state index in [2.05, 4.69) is 21.1 Å². The molecule has 0 amide bonds. The van der Waals surface area contributed by atoms with Gasteiger partial charge in [-0.05, 0) is 35.7 Å².